The van der Waals surface area contributed by atoms with Crippen molar-refractivity contribution in [1.82, 2.24) is 5.43 Å². The number of urea groups is 1. The van der Waals surface area contributed by atoms with E-state index in [4.69, 9.17) is 4.74 Å². The second-order valence-corrected chi connectivity index (χ2v) is 5.24. The van der Waals surface area contributed by atoms with Crippen molar-refractivity contribution >= 4 is 28.7 Å². The molecule has 6 heteroatoms. The summed E-state index contributed by atoms with van der Waals surface area (Å²) >= 11 is 0. The number of carbonyl (C=O) groups is 1. The minimum atomic E-state index is -0.513. The van der Waals surface area contributed by atoms with Crippen LogP contribution in [0.15, 0.2) is 65.8 Å². The molecule has 0 saturated carbocycles. The second-order valence-electron chi connectivity index (χ2n) is 5.24. The van der Waals surface area contributed by atoms with E-state index < -0.39 is 6.03 Å². The van der Waals surface area contributed by atoms with Crippen LogP contribution in [0.25, 0.3) is 10.8 Å². The molecule has 3 aromatic carbocycles. The zero-order valence-electron chi connectivity index (χ0n) is 13.6. The molecule has 6 nitrogen and oxygen atoms in total. The standard InChI is InChI=1S/C19H17N3O3/c1-25-18-9-5-4-8-16(18)21-19(24)22-20-12-15-14-7-3-2-6-13(14)10-11-17(15)23/h2-12,23H,1H3,(H2,21,22,24). The van der Waals surface area contributed by atoms with Crippen molar-refractivity contribution < 1.29 is 14.6 Å². The number of hydrogen-bond acceptors (Lipinski definition) is 4. The number of anilines is 1. The van der Waals surface area contributed by atoms with Gasteiger partial charge in [-0.15, -0.1) is 0 Å². The predicted octanol–water partition coefficient (Wildman–Crippen LogP) is 3.71. The Morgan fingerprint density at radius 1 is 1.08 bits per heavy atom. The Hall–Kier alpha value is -3.54. The summed E-state index contributed by atoms with van der Waals surface area (Å²) in [6.45, 7) is 0. The number of nitrogens with one attached hydrogen (secondary N) is 2. The maximum atomic E-state index is 12.0. The SMILES string of the molecule is COc1ccccc1NC(=O)NN=Cc1c(O)ccc2ccccc12. The van der Waals surface area contributed by atoms with Gasteiger partial charge in [-0.2, -0.15) is 5.10 Å². The number of rotatable bonds is 4. The van der Waals surface area contributed by atoms with Crippen LogP contribution in [0.4, 0.5) is 10.5 Å². The fourth-order valence-corrected chi connectivity index (χ4v) is 2.47. The lowest BCUT2D eigenvalue weighted by Crippen LogP contribution is -2.24. The molecule has 0 heterocycles. The van der Waals surface area contributed by atoms with Gasteiger partial charge in [0.2, 0.25) is 0 Å². The highest BCUT2D eigenvalue weighted by Crippen LogP contribution is 2.25. The average Bonchev–Trinajstić information content (AvgIpc) is 2.64. The number of hydrazone groups is 1. The molecule has 0 unspecified atom stereocenters. The first kappa shape index (κ1) is 16.3. The van der Waals surface area contributed by atoms with Crippen molar-refractivity contribution in [3.63, 3.8) is 0 Å². The molecule has 0 spiro atoms. The number of phenolic OH excluding ortho intramolecular Hbond substituents is 1. The molecule has 25 heavy (non-hydrogen) atoms. The molecule has 0 saturated heterocycles. The number of para-hydroxylation sites is 2. The first-order valence-corrected chi connectivity index (χ1v) is 7.63. The fourth-order valence-electron chi connectivity index (χ4n) is 2.47. The Bertz CT molecular complexity index is 938. The maximum absolute atomic E-state index is 12.0. The van der Waals surface area contributed by atoms with Crippen molar-refractivity contribution in [3.8, 4) is 11.5 Å². The zero-order valence-corrected chi connectivity index (χ0v) is 13.6. The monoisotopic (exact) mass is 335 g/mol. The number of amides is 2. The van der Waals surface area contributed by atoms with Crippen LogP contribution in [0, 0.1) is 0 Å². The van der Waals surface area contributed by atoms with Crippen molar-refractivity contribution in [2.24, 2.45) is 5.10 Å². The number of carbonyl (C=O) groups excluding carboxylic acids is 1. The quantitative estimate of drug-likeness (QED) is 0.502. The molecule has 3 rings (SSSR count). The smallest absolute Gasteiger partial charge is 0.339 e. The van der Waals surface area contributed by atoms with Crippen molar-refractivity contribution in [3.05, 3.63) is 66.2 Å². The first-order valence-electron chi connectivity index (χ1n) is 7.63. The molecule has 2 amide bonds. The lowest BCUT2D eigenvalue weighted by molar-refractivity contribution is 0.252. The molecule has 0 aliphatic carbocycles. The molecule has 0 aromatic heterocycles. The molecule has 126 valence electrons. The van der Waals surface area contributed by atoms with Crippen LogP contribution < -0.4 is 15.5 Å². The molecule has 0 fully saturated rings. The Morgan fingerprint density at radius 2 is 1.84 bits per heavy atom. The highest BCUT2D eigenvalue weighted by Gasteiger charge is 2.07. The highest BCUT2D eigenvalue weighted by atomic mass is 16.5. The van der Waals surface area contributed by atoms with E-state index in [2.05, 4.69) is 15.8 Å². The normalized spacial score (nSPS) is 10.8. The molecule has 0 radical (unpaired) electrons. The van der Waals surface area contributed by atoms with E-state index in [1.54, 1.807) is 24.3 Å². The molecule has 0 aliphatic rings. The summed E-state index contributed by atoms with van der Waals surface area (Å²) < 4.78 is 5.17. The van der Waals surface area contributed by atoms with Crippen LogP contribution in [0.3, 0.4) is 0 Å². The molecule has 0 atom stereocenters. The van der Waals surface area contributed by atoms with E-state index in [0.717, 1.165) is 10.8 Å². The Morgan fingerprint density at radius 3 is 2.68 bits per heavy atom. The number of benzene rings is 3. The molecular formula is C19H17N3O3. The lowest BCUT2D eigenvalue weighted by Gasteiger charge is -2.09. The van der Waals surface area contributed by atoms with Crippen molar-refractivity contribution in [1.29, 1.82) is 0 Å². The minimum Gasteiger partial charge on any atom is -0.507 e. The van der Waals surface area contributed by atoms with Crippen molar-refractivity contribution in [2.45, 2.75) is 0 Å². The number of phenols is 1. The van der Waals surface area contributed by atoms with Crippen LogP contribution in [0.1, 0.15) is 5.56 Å². The number of aromatic hydroxyl groups is 1. The van der Waals surface area contributed by atoms with Crippen LogP contribution in [-0.2, 0) is 0 Å². The number of hydrogen-bond donors (Lipinski definition) is 3. The largest absolute Gasteiger partial charge is 0.507 e. The van der Waals surface area contributed by atoms with Gasteiger partial charge in [0, 0.05) is 5.56 Å². The van der Waals surface area contributed by atoms with E-state index in [0.29, 0.717) is 17.0 Å². The van der Waals surface area contributed by atoms with Crippen LogP contribution in [0.2, 0.25) is 0 Å². The van der Waals surface area contributed by atoms with E-state index in [-0.39, 0.29) is 5.75 Å². The van der Waals surface area contributed by atoms with Gasteiger partial charge in [0.25, 0.3) is 0 Å². The van der Waals surface area contributed by atoms with Gasteiger partial charge in [-0.3, -0.25) is 0 Å². The number of methoxy groups -OCH3 is 1. The predicted molar refractivity (Wildman–Crippen MR) is 98.4 cm³/mol. The molecule has 0 bridgehead atoms. The zero-order chi connectivity index (χ0) is 17.6. The summed E-state index contributed by atoms with van der Waals surface area (Å²) in [5.41, 5.74) is 3.45. The van der Waals surface area contributed by atoms with E-state index >= 15 is 0 Å². The molecule has 3 aromatic rings. The lowest BCUT2D eigenvalue weighted by atomic mass is 10.0. The fraction of sp³-hybridized carbons (Fsp3) is 0.0526. The third-order valence-corrected chi connectivity index (χ3v) is 3.66. The molecular weight excluding hydrogens is 318 g/mol. The first-order chi connectivity index (χ1) is 12.2. The van der Waals surface area contributed by atoms with Crippen LogP contribution in [-0.4, -0.2) is 24.5 Å². The van der Waals surface area contributed by atoms with Gasteiger partial charge in [-0.05, 0) is 29.0 Å². The van der Waals surface area contributed by atoms with Crippen molar-refractivity contribution in [2.75, 3.05) is 12.4 Å². The third-order valence-electron chi connectivity index (χ3n) is 3.66. The summed E-state index contributed by atoms with van der Waals surface area (Å²) in [4.78, 5) is 12.0. The third kappa shape index (κ3) is 3.69. The Kier molecular flexibility index (Phi) is 4.80. The molecule has 0 aliphatic heterocycles. The minimum absolute atomic E-state index is 0.0920. The Labute approximate surface area is 144 Å². The number of nitrogens with zero attached hydrogens (tertiary/aromatic N) is 1. The van der Waals surface area contributed by atoms with Gasteiger partial charge in [0.05, 0.1) is 19.0 Å². The van der Waals surface area contributed by atoms with Crippen LogP contribution in [0.5, 0.6) is 11.5 Å². The summed E-state index contributed by atoms with van der Waals surface area (Å²) in [7, 11) is 1.53. The van der Waals surface area contributed by atoms with Gasteiger partial charge >= 0.3 is 6.03 Å². The van der Waals surface area contributed by atoms with E-state index in [9.17, 15) is 9.90 Å². The molecule has 3 N–H and O–H groups in total. The van der Waals surface area contributed by atoms with Gasteiger partial charge in [-0.25, -0.2) is 10.2 Å². The highest BCUT2D eigenvalue weighted by molar-refractivity contribution is 6.02. The summed E-state index contributed by atoms with van der Waals surface area (Å²) in [6.07, 6.45) is 1.42. The summed E-state index contributed by atoms with van der Waals surface area (Å²) in [5, 5.41) is 18.4. The van der Waals surface area contributed by atoms with Gasteiger partial charge in [-0.1, -0.05) is 42.5 Å². The average molecular weight is 335 g/mol. The topological polar surface area (TPSA) is 83.0 Å². The number of ether oxygens (including phenoxy) is 1. The van der Waals surface area contributed by atoms with Gasteiger partial charge in [0.15, 0.2) is 0 Å². The Balaban J connectivity index is 1.73. The second kappa shape index (κ2) is 7.35. The van der Waals surface area contributed by atoms with Gasteiger partial charge < -0.3 is 15.2 Å². The summed E-state index contributed by atoms with van der Waals surface area (Å²) in [5.74, 6) is 0.641. The van der Waals surface area contributed by atoms with Crippen LogP contribution >= 0.6 is 0 Å². The summed E-state index contributed by atoms with van der Waals surface area (Å²) in [6, 6.07) is 17.6. The van der Waals surface area contributed by atoms with E-state index in [1.165, 1.54) is 13.3 Å². The van der Waals surface area contributed by atoms with E-state index in [1.807, 2.05) is 36.4 Å². The van der Waals surface area contributed by atoms with Gasteiger partial charge in [0.1, 0.15) is 11.5 Å². The maximum Gasteiger partial charge on any atom is 0.339 e. The number of fused-ring (bicyclic) bond motifs is 1.